The van der Waals surface area contributed by atoms with E-state index >= 15 is 0 Å². The van der Waals surface area contributed by atoms with E-state index in [-0.39, 0.29) is 30.0 Å². The number of benzene rings is 2. The van der Waals surface area contributed by atoms with Gasteiger partial charge < -0.3 is 14.8 Å². The zero-order chi connectivity index (χ0) is 24.7. The maximum Gasteiger partial charge on any atom is 0.337 e. The fourth-order valence-electron chi connectivity index (χ4n) is 3.85. The average Bonchev–Trinajstić information content (AvgIpc) is 2.82. The Morgan fingerprint density at radius 1 is 1.00 bits per heavy atom. The third kappa shape index (κ3) is 5.58. The molecule has 1 atom stereocenters. The van der Waals surface area contributed by atoms with Crippen LogP contribution in [-0.2, 0) is 19.1 Å². The number of non-ortho nitro benzene ring substituents is 1. The van der Waals surface area contributed by atoms with E-state index in [2.05, 4.69) is 5.32 Å². The van der Waals surface area contributed by atoms with E-state index in [0.717, 1.165) is 5.56 Å². The van der Waals surface area contributed by atoms with E-state index in [1.807, 2.05) is 36.4 Å². The highest BCUT2D eigenvalue weighted by atomic mass is 16.6. The molecule has 0 aromatic heterocycles. The monoisotopic (exact) mass is 462 g/mol. The number of nitrogens with zero attached hydrogens (tertiary/aromatic N) is 1. The second-order valence-corrected chi connectivity index (χ2v) is 7.62. The van der Waals surface area contributed by atoms with Gasteiger partial charge >= 0.3 is 11.9 Å². The maximum atomic E-state index is 13.2. The van der Waals surface area contributed by atoms with Crippen molar-refractivity contribution in [2.24, 2.45) is 0 Å². The molecule has 0 saturated heterocycles. The summed E-state index contributed by atoms with van der Waals surface area (Å²) in [5.41, 5.74) is 2.65. The van der Waals surface area contributed by atoms with Gasteiger partial charge in [-0.15, -0.1) is 0 Å². The van der Waals surface area contributed by atoms with Gasteiger partial charge in [-0.2, -0.15) is 0 Å². The van der Waals surface area contributed by atoms with Crippen molar-refractivity contribution in [2.45, 2.75) is 26.7 Å². The van der Waals surface area contributed by atoms with E-state index in [0.29, 0.717) is 17.0 Å². The predicted octanol–water partition coefficient (Wildman–Crippen LogP) is 4.65. The Hall–Kier alpha value is -4.20. The van der Waals surface area contributed by atoms with E-state index in [1.54, 1.807) is 32.9 Å². The van der Waals surface area contributed by atoms with Crippen LogP contribution in [0.4, 0.5) is 5.69 Å². The Labute approximate surface area is 197 Å². The number of carbonyl (C=O) groups excluding carboxylic acids is 2. The highest BCUT2D eigenvalue weighted by Crippen LogP contribution is 2.40. The molecular formula is C26H26N2O6. The lowest BCUT2D eigenvalue weighted by atomic mass is 9.80. The molecule has 176 valence electrons. The number of rotatable bonds is 8. The summed E-state index contributed by atoms with van der Waals surface area (Å²) in [5.74, 6) is -2.12. The van der Waals surface area contributed by atoms with E-state index < -0.39 is 22.8 Å². The molecule has 0 spiro atoms. The molecular weight excluding hydrogens is 436 g/mol. The molecule has 8 nitrogen and oxygen atoms in total. The normalized spacial score (nSPS) is 15.8. The van der Waals surface area contributed by atoms with Crippen molar-refractivity contribution in [3.05, 3.63) is 104 Å². The van der Waals surface area contributed by atoms with Crippen molar-refractivity contribution < 1.29 is 24.0 Å². The summed E-state index contributed by atoms with van der Waals surface area (Å²) in [7, 11) is 0. The number of hydrogen-bond donors (Lipinski definition) is 1. The second kappa shape index (κ2) is 11.1. The molecule has 2 aromatic rings. The molecule has 3 rings (SSSR count). The summed E-state index contributed by atoms with van der Waals surface area (Å²) in [4.78, 5) is 36.9. The first-order valence-electron chi connectivity index (χ1n) is 10.8. The Balaban J connectivity index is 1.95. The number of nitro groups is 1. The van der Waals surface area contributed by atoms with Crippen molar-refractivity contribution in [1.29, 1.82) is 0 Å². The quantitative estimate of drug-likeness (QED) is 0.346. The van der Waals surface area contributed by atoms with Crippen LogP contribution in [0, 0.1) is 10.1 Å². The van der Waals surface area contributed by atoms with Crippen molar-refractivity contribution in [3.8, 4) is 0 Å². The molecule has 0 fully saturated rings. The molecule has 0 saturated carbocycles. The summed E-state index contributed by atoms with van der Waals surface area (Å²) < 4.78 is 10.7. The first kappa shape index (κ1) is 24.4. The van der Waals surface area contributed by atoms with Crippen LogP contribution in [0.25, 0.3) is 6.08 Å². The first-order chi connectivity index (χ1) is 16.3. The highest BCUT2D eigenvalue weighted by molar-refractivity contribution is 6.00. The Kier molecular flexibility index (Phi) is 7.97. The lowest BCUT2D eigenvalue weighted by Gasteiger charge is -2.30. The predicted molar refractivity (Wildman–Crippen MR) is 127 cm³/mol. The Morgan fingerprint density at radius 3 is 2.26 bits per heavy atom. The fourth-order valence-corrected chi connectivity index (χ4v) is 3.85. The van der Waals surface area contributed by atoms with E-state index in [4.69, 9.17) is 9.47 Å². The average molecular weight is 463 g/mol. The van der Waals surface area contributed by atoms with Gasteiger partial charge in [0, 0.05) is 23.5 Å². The zero-order valence-corrected chi connectivity index (χ0v) is 19.2. The van der Waals surface area contributed by atoms with E-state index in [1.165, 1.54) is 18.2 Å². The van der Waals surface area contributed by atoms with Crippen molar-refractivity contribution in [3.63, 3.8) is 0 Å². The molecule has 0 amide bonds. The zero-order valence-electron chi connectivity index (χ0n) is 19.2. The van der Waals surface area contributed by atoms with Crippen LogP contribution < -0.4 is 5.32 Å². The lowest BCUT2D eigenvalue weighted by Crippen LogP contribution is -2.32. The number of hydrogen-bond acceptors (Lipinski definition) is 7. The minimum Gasteiger partial charge on any atom is -0.463 e. The number of allylic oxidation sites excluding steroid dienone is 2. The number of esters is 2. The minimum atomic E-state index is -0.884. The first-order valence-corrected chi connectivity index (χ1v) is 10.8. The molecule has 0 aliphatic carbocycles. The smallest absolute Gasteiger partial charge is 0.337 e. The van der Waals surface area contributed by atoms with Gasteiger partial charge in [0.25, 0.3) is 5.69 Å². The number of dihydropyridines is 1. The van der Waals surface area contributed by atoms with Gasteiger partial charge in [-0.1, -0.05) is 48.5 Å². The van der Waals surface area contributed by atoms with Crippen LogP contribution in [0.3, 0.4) is 0 Å². The fraction of sp³-hybridized carbons (Fsp3) is 0.231. The van der Waals surface area contributed by atoms with Crippen LogP contribution >= 0.6 is 0 Å². The van der Waals surface area contributed by atoms with Crippen molar-refractivity contribution in [2.75, 3.05) is 13.2 Å². The Morgan fingerprint density at radius 2 is 1.65 bits per heavy atom. The van der Waals surface area contributed by atoms with Crippen LogP contribution in [0.5, 0.6) is 0 Å². The highest BCUT2D eigenvalue weighted by Gasteiger charge is 2.38. The molecule has 1 aliphatic rings. The van der Waals surface area contributed by atoms with Gasteiger partial charge in [-0.05, 0) is 38.0 Å². The van der Waals surface area contributed by atoms with Crippen LogP contribution in [-0.4, -0.2) is 30.1 Å². The van der Waals surface area contributed by atoms with Crippen LogP contribution in [0.1, 0.15) is 37.8 Å². The number of ether oxygens (including phenoxy) is 2. The molecule has 1 N–H and O–H groups in total. The number of carbonyl (C=O) groups is 2. The summed E-state index contributed by atoms with van der Waals surface area (Å²) in [6.07, 6.45) is 3.55. The van der Waals surface area contributed by atoms with Crippen molar-refractivity contribution in [1.82, 2.24) is 5.32 Å². The van der Waals surface area contributed by atoms with Gasteiger partial charge in [0.2, 0.25) is 0 Å². The van der Waals surface area contributed by atoms with Crippen LogP contribution in [0.2, 0.25) is 0 Å². The van der Waals surface area contributed by atoms with Crippen LogP contribution in [0.15, 0.2) is 83.2 Å². The standard InChI is InChI=1S/C26H26N2O6/c1-4-33-25(29)22-17(2)27-18(3)23(24(22)20-13-8-14-21(16-20)28(31)32)26(30)34-15-9-12-19-10-6-5-7-11-19/h5-14,16,24,27H,4,15H2,1-3H3/b12-9+/t24-/m0/s1. The molecule has 0 radical (unpaired) electrons. The third-order valence-electron chi connectivity index (χ3n) is 5.31. The number of nitro benzene ring substituents is 1. The summed E-state index contributed by atoms with van der Waals surface area (Å²) >= 11 is 0. The minimum absolute atomic E-state index is 0.0175. The lowest BCUT2D eigenvalue weighted by molar-refractivity contribution is -0.384. The van der Waals surface area contributed by atoms with E-state index in [9.17, 15) is 19.7 Å². The topological polar surface area (TPSA) is 108 Å². The van der Waals surface area contributed by atoms with Gasteiger partial charge in [0.15, 0.2) is 0 Å². The summed E-state index contributed by atoms with van der Waals surface area (Å²) in [6.45, 7) is 5.24. The molecule has 1 aliphatic heterocycles. The van der Waals surface area contributed by atoms with Crippen molar-refractivity contribution >= 4 is 23.7 Å². The molecule has 1 heterocycles. The van der Waals surface area contributed by atoms with Gasteiger partial charge in [0.1, 0.15) is 6.61 Å². The number of nitrogens with one attached hydrogen (secondary N) is 1. The SMILES string of the molecule is CCOC(=O)C1=C(C)NC(C)=C(C(=O)OC/C=C/c2ccccc2)[C@H]1c1cccc([N+](=O)[O-])c1. The molecule has 34 heavy (non-hydrogen) atoms. The van der Waals surface area contributed by atoms with Gasteiger partial charge in [-0.25, -0.2) is 9.59 Å². The third-order valence-corrected chi connectivity index (χ3v) is 5.31. The molecule has 8 heteroatoms. The second-order valence-electron chi connectivity index (χ2n) is 7.62. The van der Waals surface area contributed by atoms with Gasteiger partial charge in [0.05, 0.1) is 28.6 Å². The molecule has 2 aromatic carbocycles. The maximum absolute atomic E-state index is 13.2. The Bertz CT molecular complexity index is 1180. The van der Waals surface area contributed by atoms with Gasteiger partial charge in [-0.3, -0.25) is 10.1 Å². The molecule has 0 bridgehead atoms. The largest absolute Gasteiger partial charge is 0.463 e. The summed E-state index contributed by atoms with van der Waals surface area (Å²) in [5, 5.41) is 14.4. The molecule has 0 unspecified atom stereocenters. The summed E-state index contributed by atoms with van der Waals surface area (Å²) in [6, 6.07) is 15.5.